The summed E-state index contributed by atoms with van der Waals surface area (Å²) in [4.78, 5) is 6.39. The number of aliphatic hydroxyl groups excluding tert-OH is 1. The molecule has 21 heavy (non-hydrogen) atoms. The van der Waals surface area contributed by atoms with Crippen molar-refractivity contribution in [1.82, 2.24) is 9.88 Å². The molecule has 1 aromatic carbocycles. The van der Waals surface area contributed by atoms with Crippen LogP contribution in [0.2, 0.25) is 0 Å². The molecule has 3 heteroatoms. The zero-order chi connectivity index (χ0) is 14.2. The zero-order valence-electron chi connectivity index (χ0n) is 12.5. The van der Waals surface area contributed by atoms with E-state index in [1.807, 2.05) is 0 Å². The summed E-state index contributed by atoms with van der Waals surface area (Å²) < 4.78 is 0. The molecule has 0 amide bonds. The molecule has 2 N–H and O–H groups in total. The van der Waals surface area contributed by atoms with E-state index in [2.05, 4.69) is 34.1 Å². The summed E-state index contributed by atoms with van der Waals surface area (Å²) in [6.45, 7) is 2.74. The Bertz CT molecular complexity index is 633. The molecule has 3 heterocycles. The van der Waals surface area contributed by atoms with E-state index >= 15 is 0 Å². The first-order valence-corrected chi connectivity index (χ1v) is 8.33. The first-order chi connectivity index (χ1) is 10.4. The van der Waals surface area contributed by atoms with Crippen LogP contribution in [0.3, 0.4) is 0 Å². The van der Waals surface area contributed by atoms with E-state index in [-0.39, 0.29) is 0 Å². The topological polar surface area (TPSA) is 39.3 Å². The number of nitrogens with one attached hydrogen (secondary N) is 1. The largest absolute Gasteiger partial charge is 0.396 e. The van der Waals surface area contributed by atoms with Crippen molar-refractivity contribution in [3.05, 3.63) is 35.5 Å². The van der Waals surface area contributed by atoms with Gasteiger partial charge in [0, 0.05) is 29.7 Å². The Morgan fingerprint density at radius 3 is 3.05 bits per heavy atom. The van der Waals surface area contributed by atoms with Gasteiger partial charge >= 0.3 is 0 Å². The molecule has 2 aliphatic heterocycles. The molecule has 1 aromatic heterocycles. The van der Waals surface area contributed by atoms with E-state index in [0.717, 1.165) is 12.8 Å². The maximum Gasteiger partial charge on any atom is 0.0529 e. The van der Waals surface area contributed by atoms with Gasteiger partial charge in [-0.15, -0.1) is 0 Å². The third-order valence-corrected chi connectivity index (χ3v) is 5.38. The highest BCUT2D eigenvalue weighted by molar-refractivity contribution is 5.85. The minimum Gasteiger partial charge on any atom is -0.396 e. The fraction of sp³-hybridized carbons (Fsp3) is 0.556. The van der Waals surface area contributed by atoms with Crippen LogP contribution < -0.4 is 0 Å². The normalized spacial score (nSPS) is 25.8. The molecule has 2 aromatic rings. The van der Waals surface area contributed by atoms with Gasteiger partial charge in [0.25, 0.3) is 0 Å². The van der Waals surface area contributed by atoms with Gasteiger partial charge in [0.1, 0.15) is 0 Å². The van der Waals surface area contributed by atoms with Crippen molar-refractivity contribution in [2.24, 2.45) is 5.92 Å². The molecular formula is C18H24N2O. The van der Waals surface area contributed by atoms with Crippen molar-refractivity contribution in [1.29, 1.82) is 0 Å². The molecule has 1 saturated heterocycles. The number of nitrogens with zero attached hydrogens (tertiary/aromatic N) is 1. The van der Waals surface area contributed by atoms with Gasteiger partial charge in [0.2, 0.25) is 0 Å². The van der Waals surface area contributed by atoms with Crippen molar-refractivity contribution in [3.63, 3.8) is 0 Å². The Kier molecular flexibility index (Phi) is 3.48. The predicted molar refractivity (Wildman–Crippen MR) is 85.4 cm³/mol. The van der Waals surface area contributed by atoms with Crippen LogP contribution in [-0.2, 0) is 6.42 Å². The Labute approximate surface area is 126 Å². The summed E-state index contributed by atoms with van der Waals surface area (Å²) in [6, 6.07) is 9.26. The summed E-state index contributed by atoms with van der Waals surface area (Å²) in [7, 11) is 0. The van der Waals surface area contributed by atoms with Gasteiger partial charge in [-0.25, -0.2) is 0 Å². The Morgan fingerprint density at radius 1 is 1.24 bits per heavy atom. The minimum absolute atomic E-state index is 0.322. The number of H-pyrrole nitrogens is 1. The minimum atomic E-state index is 0.322. The van der Waals surface area contributed by atoms with E-state index in [9.17, 15) is 5.11 Å². The number of hydrogen-bond acceptors (Lipinski definition) is 2. The number of fused-ring (bicyclic) bond motifs is 5. The van der Waals surface area contributed by atoms with Crippen molar-refractivity contribution in [2.75, 3.05) is 19.7 Å². The number of hydrogen-bond donors (Lipinski definition) is 2. The van der Waals surface area contributed by atoms with Crippen molar-refractivity contribution >= 4 is 10.9 Å². The van der Waals surface area contributed by atoms with E-state index < -0.39 is 0 Å². The van der Waals surface area contributed by atoms with Crippen LogP contribution in [0.4, 0.5) is 0 Å². The molecule has 112 valence electrons. The average molecular weight is 284 g/mol. The number of aromatic amines is 1. The second-order valence-corrected chi connectivity index (χ2v) is 6.56. The standard InChI is InChI=1S/C18H24N2O/c21-12-4-6-13-5-3-10-20-11-9-15-14-7-1-2-8-16(14)19-17(15)18(13)20/h1-2,7-8,13,18-19,21H,3-6,9-12H2. The highest BCUT2D eigenvalue weighted by atomic mass is 16.2. The highest BCUT2D eigenvalue weighted by Crippen LogP contribution is 2.43. The molecule has 0 aliphatic carbocycles. The first kappa shape index (κ1) is 13.4. The van der Waals surface area contributed by atoms with Gasteiger partial charge < -0.3 is 10.1 Å². The smallest absolute Gasteiger partial charge is 0.0529 e. The molecule has 0 saturated carbocycles. The molecule has 0 radical (unpaired) electrons. The van der Waals surface area contributed by atoms with Crippen LogP contribution in [0, 0.1) is 5.92 Å². The quantitative estimate of drug-likeness (QED) is 0.908. The maximum atomic E-state index is 9.18. The summed E-state index contributed by atoms with van der Waals surface area (Å²) in [5.74, 6) is 0.693. The molecule has 0 bridgehead atoms. The van der Waals surface area contributed by atoms with Crippen molar-refractivity contribution in [2.45, 2.75) is 38.1 Å². The lowest BCUT2D eigenvalue weighted by Crippen LogP contribution is -2.43. The number of aromatic nitrogens is 1. The zero-order valence-corrected chi connectivity index (χ0v) is 12.5. The number of benzene rings is 1. The Balaban J connectivity index is 1.75. The van der Waals surface area contributed by atoms with Crippen LogP contribution in [0.15, 0.2) is 24.3 Å². The molecule has 4 rings (SSSR count). The third-order valence-electron chi connectivity index (χ3n) is 5.38. The summed E-state index contributed by atoms with van der Waals surface area (Å²) in [5, 5.41) is 10.6. The molecule has 3 nitrogen and oxygen atoms in total. The van der Waals surface area contributed by atoms with Gasteiger partial charge in [-0.3, -0.25) is 4.90 Å². The van der Waals surface area contributed by atoms with E-state index in [0.29, 0.717) is 18.6 Å². The molecule has 2 unspecified atom stereocenters. The fourth-order valence-corrected chi connectivity index (χ4v) is 4.47. The van der Waals surface area contributed by atoms with Crippen molar-refractivity contribution < 1.29 is 5.11 Å². The maximum absolute atomic E-state index is 9.18. The summed E-state index contributed by atoms with van der Waals surface area (Å²) in [6.07, 6.45) is 5.86. The second kappa shape index (κ2) is 5.47. The van der Waals surface area contributed by atoms with Crippen LogP contribution >= 0.6 is 0 Å². The van der Waals surface area contributed by atoms with Gasteiger partial charge in [0.15, 0.2) is 0 Å². The van der Waals surface area contributed by atoms with Gasteiger partial charge in [-0.2, -0.15) is 0 Å². The summed E-state index contributed by atoms with van der Waals surface area (Å²) >= 11 is 0. The molecular weight excluding hydrogens is 260 g/mol. The number of aliphatic hydroxyl groups is 1. The van der Waals surface area contributed by atoms with E-state index in [4.69, 9.17) is 0 Å². The molecule has 2 atom stereocenters. The van der Waals surface area contributed by atoms with Crippen molar-refractivity contribution in [3.8, 4) is 0 Å². The van der Waals surface area contributed by atoms with Crippen LogP contribution in [0.1, 0.15) is 43.0 Å². The monoisotopic (exact) mass is 284 g/mol. The van der Waals surface area contributed by atoms with E-state index in [1.54, 1.807) is 5.56 Å². The lowest BCUT2D eigenvalue weighted by Gasteiger charge is -2.44. The molecule has 0 spiro atoms. The second-order valence-electron chi connectivity index (χ2n) is 6.56. The highest BCUT2D eigenvalue weighted by Gasteiger charge is 2.37. The summed E-state index contributed by atoms with van der Waals surface area (Å²) in [5.41, 5.74) is 4.30. The van der Waals surface area contributed by atoms with Crippen LogP contribution in [0.25, 0.3) is 10.9 Å². The van der Waals surface area contributed by atoms with Gasteiger partial charge in [-0.05, 0) is 56.2 Å². The van der Waals surface area contributed by atoms with Gasteiger partial charge in [-0.1, -0.05) is 18.2 Å². The number of para-hydroxylation sites is 1. The van der Waals surface area contributed by atoms with E-state index in [1.165, 1.54) is 48.9 Å². The lowest BCUT2D eigenvalue weighted by molar-refractivity contribution is 0.0722. The SMILES string of the molecule is OCCCC1CCCN2CCc3c([nH]c4ccccc34)C12. The lowest BCUT2D eigenvalue weighted by atomic mass is 9.80. The van der Waals surface area contributed by atoms with Crippen LogP contribution in [0.5, 0.6) is 0 Å². The average Bonchev–Trinajstić information content (AvgIpc) is 2.91. The molecule has 1 fully saturated rings. The van der Waals surface area contributed by atoms with Gasteiger partial charge in [0.05, 0.1) is 6.04 Å². The third kappa shape index (κ3) is 2.19. The number of rotatable bonds is 3. The first-order valence-electron chi connectivity index (χ1n) is 8.33. The fourth-order valence-electron chi connectivity index (χ4n) is 4.47. The molecule has 2 aliphatic rings. The Hall–Kier alpha value is -1.32. The number of piperidine rings is 1. The predicted octanol–water partition coefficient (Wildman–Crippen LogP) is 3.25. The van der Waals surface area contributed by atoms with Crippen LogP contribution in [-0.4, -0.2) is 34.7 Å². The Morgan fingerprint density at radius 2 is 2.14 bits per heavy atom.